The fraction of sp³-hybridized carbons (Fsp3) is 0.343. The second-order valence-electron chi connectivity index (χ2n) is 13.1. The third-order valence-electron chi connectivity index (χ3n) is 9.57. The largest absolute Gasteiger partial charge is 0.494 e. The third-order valence-corrected chi connectivity index (χ3v) is 9.57. The Morgan fingerprint density at radius 2 is 1.94 bits per heavy atom. The lowest BCUT2D eigenvalue weighted by Crippen LogP contribution is -2.66. The molecule has 49 heavy (non-hydrogen) atoms. The van der Waals surface area contributed by atoms with Gasteiger partial charge in [0.1, 0.15) is 35.7 Å². The maximum Gasteiger partial charge on any atom is 0.284 e. The zero-order chi connectivity index (χ0) is 33.7. The summed E-state index contributed by atoms with van der Waals surface area (Å²) in [6.45, 7) is 5.79. The van der Waals surface area contributed by atoms with Gasteiger partial charge in [0.2, 0.25) is 0 Å². The number of methoxy groups -OCH3 is 1. The van der Waals surface area contributed by atoms with E-state index in [-0.39, 0.29) is 11.5 Å². The average molecular weight is 666 g/mol. The van der Waals surface area contributed by atoms with E-state index in [1.807, 2.05) is 32.2 Å². The molecule has 2 N–H and O–H groups in total. The normalized spacial score (nSPS) is 18.8. The third kappa shape index (κ3) is 5.86. The molecule has 14 heteroatoms. The number of aromatic nitrogens is 5. The lowest BCUT2D eigenvalue weighted by molar-refractivity contribution is -0.127. The SMILES string of the molecule is COc1cc(Oc2ccn3ncnc3c2)c(C)cc1Nc1ncnc2cc(N3CC4(COC4)C3)c(NC(=O)/C(F)=C\[C@H]3CCCN3C)cc12. The molecule has 6 heterocycles. The quantitative estimate of drug-likeness (QED) is 0.200. The molecule has 252 valence electrons. The number of hydrogen-bond acceptors (Lipinski definition) is 11. The predicted octanol–water partition coefficient (Wildman–Crippen LogP) is 5.25. The van der Waals surface area contributed by atoms with Gasteiger partial charge in [-0.3, -0.25) is 9.69 Å². The molecule has 3 aliphatic rings. The van der Waals surface area contributed by atoms with Gasteiger partial charge in [0.15, 0.2) is 11.5 Å². The van der Waals surface area contributed by atoms with Gasteiger partial charge >= 0.3 is 0 Å². The van der Waals surface area contributed by atoms with Crippen molar-refractivity contribution in [2.24, 2.45) is 5.41 Å². The molecular formula is C35H36FN9O4. The fourth-order valence-electron chi connectivity index (χ4n) is 6.79. The number of nitrogens with one attached hydrogen (secondary N) is 2. The summed E-state index contributed by atoms with van der Waals surface area (Å²) in [5.41, 5.74) is 4.21. The van der Waals surface area contributed by atoms with Gasteiger partial charge in [0.25, 0.3) is 5.91 Å². The highest BCUT2D eigenvalue weighted by molar-refractivity contribution is 6.07. The molecule has 1 spiro atoms. The number of rotatable bonds is 9. The van der Waals surface area contributed by atoms with E-state index in [4.69, 9.17) is 14.2 Å². The average Bonchev–Trinajstić information content (AvgIpc) is 3.69. The fourth-order valence-corrected chi connectivity index (χ4v) is 6.79. The Kier molecular flexibility index (Phi) is 7.76. The van der Waals surface area contributed by atoms with Gasteiger partial charge in [-0.1, -0.05) is 0 Å². The number of amides is 1. The molecule has 1 amide bonds. The number of nitrogens with zero attached hydrogens (tertiary/aromatic N) is 7. The van der Waals surface area contributed by atoms with Crippen LogP contribution in [0.3, 0.4) is 0 Å². The summed E-state index contributed by atoms with van der Waals surface area (Å²) in [5.74, 6) is 0.648. The van der Waals surface area contributed by atoms with Crippen molar-refractivity contribution >= 4 is 45.3 Å². The molecule has 0 radical (unpaired) electrons. The second kappa shape index (κ2) is 12.3. The summed E-state index contributed by atoms with van der Waals surface area (Å²) in [4.78, 5) is 30.8. The molecule has 5 aromatic rings. The van der Waals surface area contributed by atoms with E-state index in [1.165, 1.54) is 18.7 Å². The molecule has 3 saturated heterocycles. The molecule has 2 aromatic carbocycles. The first-order valence-electron chi connectivity index (χ1n) is 16.2. The molecule has 3 fully saturated rings. The van der Waals surface area contributed by atoms with Crippen molar-refractivity contribution in [3.63, 3.8) is 0 Å². The minimum Gasteiger partial charge on any atom is -0.494 e. The number of ether oxygens (including phenoxy) is 3. The van der Waals surface area contributed by atoms with Gasteiger partial charge in [0, 0.05) is 42.8 Å². The molecule has 0 bridgehead atoms. The molecule has 3 aromatic heterocycles. The topological polar surface area (TPSA) is 131 Å². The van der Waals surface area contributed by atoms with Crippen LogP contribution in [-0.2, 0) is 9.53 Å². The van der Waals surface area contributed by atoms with Crippen molar-refractivity contribution in [2.75, 3.05) is 62.5 Å². The summed E-state index contributed by atoms with van der Waals surface area (Å²) in [7, 11) is 3.52. The first kappa shape index (κ1) is 31.0. The van der Waals surface area contributed by atoms with E-state index < -0.39 is 11.7 Å². The minimum atomic E-state index is -0.802. The maximum atomic E-state index is 15.3. The molecule has 8 rings (SSSR count). The molecule has 0 aliphatic carbocycles. The van der Waals surface area contributed by atoms with Crippen molar-refractivity contribution in [3.05, 3.63) is 72.7 Å². The zero-order valence-corrected chi connectivity index (χ0v) is 27.4. The lowest BCUT2D eigenvalue weighted by Gasteiger charge is -2.56. The number of aryl methyl sites for hydroxylation is 1. The Morgan fingerprint density at radius 1 is 1.08 bits per heavy atom. The number of anilines is 4. The smallest absolute Gasteiger partial charge is 0.284 e. The second-order valence-corrected chi connectivity index (χ2v) is 13.1. The van der Waals surface area contributed by atoms with E-state index in [0.717, 1.165) is 43.7 Å². The van der Waals surface area contributed by atoms with Crippen LogP contribution in [0.4, 0.5) is 27.3 Å². The number of pyridine rings is 1. The predicted molar refractivity (Wildman–Crippen MR) is 183 cm³/mol. The van der Waals surface area contributed by atoms with Crippen LogP contribution < -0.4 is 25.0 Å². The summed E-state index contributed by atoms with van der Waals surface area (Å²) < 4.78 is 34.4. The number of likely N-dealkylation sites (N-methyl/N-ethyl adjacent to an activating group) is 1. The van der Waals surface area contributed by atoms with Crippen LogP contribution >= 0.6 is 0 Å². The van der Waals surface area contributed by atoms with Gasteiger partial charge in [-0.15, -0.1) is 0 Å². The van der Waals surface area contributed by atoms with E-state index in [1.54, 1.807) is 36.0 Å². The number of likely N-dealkylation sites (tertiary alicyclic amines) is 1. The monoisotopic (exact) mass is 665 g/mol. The van der Waals surface area contributed by atoms with Crippen molar-refractivity contribution < 1.29 is 23.4 Å². The highest BCUT2D eigenvalue weighted by Gasteiger charge is 2.49. The first-order valence-corrected chi connectivity index (χ1v) is 16.2. The standard InChI is InChI=1S/C35H36FN9O4/c1-21-9-28(31(47-3)14-30(21)49-23-6-8-45-32(11-23)38-20-40-45)41-33-24-12-27(42-34(46)25(36)10-22-5-4-7-43(22)2)29(13-26(24)37-19-39-33)44-15-35(16-44)17-48-18-35/h6,8-14,19-20,22H,4-5,7,15-18H2,1-3H3,(H,42,46)(H,37,39,41)/b25-10+/t22-/m1/s1. The van der Waals surface area contributed by atoms with Crippen LogP contribution in [0.15, 0.2) is 67.2 Å². The number of fused-ring (bicyclic) bond motifs is 2. The Balaban J connectivity index is 1.11. The number of carbonyl (C=O) groups excluding carboxylic acids is 1. The van der Waals surface area contributed by atoms with Crippen LogP contribution in [0.1, 0.15) is 18.4 Å². The van der Waals surface area contributed by atoms with Crippen LogP contribution in [0.2, 0.25) is 0 Å². The number of hydrogen-bond donors (Lipinski definition) is 2. The number of halogens is 1. The first-order chi connectivity index (χ1) is 23.8. The van der Waals surface area contributed by atoms with E-state index >= 15 is 4.39 Å². The maximum absolute atomic E-state index is 15.3. The molecular weight excluding hydrogens is 629 g/mol. The summed E-state index contributed by atoms with van der Waals surface area (Å²) in [6.07, 6.45) is 7.96. The zero-order valence-electron chi connectivity index (χ0n) is 27.4. The number of carbonyl (C=O) groups is 1. The summed E-state index contributed by atoms with van der Waals surface area (Å²) in [6, 6.07) is 11.0. The highest BCUT2D eigenvalue weighted by atomic mass is 19.1. The van der Waals surface area contributed by atoms with Crippen molar-refractivity contribution in [1.82, 2.24) is 29.5 Å². The highest BCUT2D eigenvalue weighted by Crippen LogP contribution is 2.45. The van der Waals surface area contributed by atoms with Gasteiger partial charge in [-0.25, -0.2) is 23.9 Å². The van der Waals surface area contributed by atoms with Gasteiger partial charge in [-0.05, 0) is 69.3 Å². The molecule has 3 aliphatic heterocycles. The Labute approximate surface area is 281 Å². The Morgan fingerprint density at radius 3 is 2.69 bits per heavy atom. The van der Waals surface area contributed by atoms with Crippen molar-refractivity contribution in [1.29, 1.82) is 0 Å². The lowest BCUT2D eigenvalue weighted by atomic mass is 9.77. The summed E-state index contributed by atoms with van der Waals surface area (Å²) in [5, 5.41) is 11.0. The van der Waals surface area contributed by atoms with Gasteiger partial charge in [0.05, 0.1) is 48.3 Å². The van der Waals surface area contributed by atoms with Crippen LogP contribution in [0, 0.1) is 12.3 Å². The number of benzene rings is 2. The Bertz CT molecular complexity index is 2110. The van der Waals surface area contributed by atoms with Gasteiger partial charge in [-0.2, -0.15) is 5.10 Å². The molecule has 1 atom stereocenters. The Hall–Kier alpha value is -5.34. The van der Waals surface area contributed by atoms with E-state index in [0.29, 0.717) is 64.2 Å². The molecule has 13 nitrogen and oxygen atoms in total. The van der Waals surface area contributed by atoms with E-state index in [2.05, 4.69) is 40.5 Å². The summed E-state index contributed by atoms with van der Waals surface area (Å²) >= 11 is 0. The minimum absolute atomic E-state index is 0.104. The van der Waals surface area contributed by atoms with Crippen molar-refractivity contribution in [2.45, 2.75) is 25.8 Å². The van der Waals surface area contributed by atoms with Crippen LogP contribution in [-0.4, -0.2) is 88.4 Å². The van der Waals surface area contributed by atoms with Crippen LogP contribution in [0.25, 0.3) is 16.6 Å². The molecule has 0 saturated carbocycles. The van der Waals surface area contributed by atoms with E-state index in [9.17, 15) is 4.79 Å². The van der Waals surface area contributed by atoms with Gasteiger partial charge < -0.3 is 29.7 Å². The van der Waals surface area contributed by atoms with Crippen LogP contribution in [0.5, 0.6) is 17.2 Å². The van der Waals surface area contributed by atoms with Crippen molar-refractivity contribution in [3.8, 4) is 17.2 Å². The molecule has 0 unspecified atom stereocenters.